The summed E-state index contributed by atoms with van der Waals surface area (Å²) >= 11 is 0. The number of fused-ring (bicyclic) bond motifs is 3. The minimum Gasteiger partial charge on any atom is -0.469 e. The quantitative estimate of drug-likeness (QED) is 0.745. The average Bonchev–Trinajstić information content (AvgIpc) is 2.46. The lowest BCUT2D eigenvalue weighted by Gasteiger charge is -2.50. The maximum Gasteiger partial charge on any atom is 0.311 e. The molecule has 0 unspecified atom stereocenters. The summed E-state index contributed by atoms with van der Waals surface area (Å²) in [6.45, 7) is 1.65. The summed E-state index contributed by atoms with van der Waals surface area (Å²) in [5, 5.41) is 1.38. The molecule has 0 amide bonds. The van der Waals surface area contributed by atoms with Crippen LogP contribution in [0.5, 0.6) is 0 Å². The highest BCUT2D eigenvalue weighted by atomic mass is 32.2. The first kappa shape index (κ1) is 14.6. The summed E-state index contributed by atoms with van der Waals surface area (Å²) in [6.07, 6.45) is 6.99. The van der Waals surface area contributed by atoms with Crippen molar-refractivity contribution in [3.05, 3.63) is 11.5 Å². The Bertz CT molecular complexity index is 465. The Balaban J connectivity index is 2.11. The van der Waals surface area contributed by atoms with Crippen LogP contribution in [0.25, 0.3) is 0 Å². The van der Waals surface area contributed by atoms with Crippen LogP contribution in [0, 0.1) is 10.8 Å². The molecule has 0 radical (unpaired) electrons. The Hall–Kier alpha value is -0.840. The third-order valence-electron chi connectivity index (χ3n) is 4.95. The molecule has 2 bridgehead atoms. The number of ether oxygens (including phenoxy) is 1. The van der Waals surface area contributed by atoms with Crippen molar-refractivity contribution in [1.29, 1.82) is 0 Å². The molecule has 0 aliphatic heterocycles. The maximum absolute atomic E-state index is 11.9. The number of rotatable bonds is 4. The zero-order valence-corrected chi connectivity index (χ0v) is 12.5. The molecule has 0 heterocycles. The molecule has 0 saturated heterocycles. The number of carbonyl (C=O) groups is 1. The van der Waals surface area contributed by atoms with Gasteiger partial charge in [-0.25, -0.2) is 8.42 Å². The van der Waals surface area contributed by atoms with E-state index in [1.54, 1.807) is 6.92 Å². The van der Waals surface area contributed by atoms with Gasteiger partial charge in [0.15, 0.2) is 9.84 Å². The number of allylic oxidation sites excluding steroid dienone is 1. The highest BCUT2D eigenvalue weighted by molar-refractivity contribution is 7.94. The zero-order valence-electron chi connectivity index (χ0n) is 11.6. The van der Waals surface area contributed by atoms with Crippen molar-refractivity contribution in [3.8, 4) is 0 Å². The van der Waals surface area contributed by atoms with Crippen LogP contribution >= 0.6 is 0 Å². The molecule has 5 heteroatoms. The largest absolute Gasteiger partial charge is 0.469 e. The summed E-state index contributed by atoms with van der Waals surface area (Å²) in [5.41, 5.74) is -0.314. The summed E-state index contributed by atoms with van der Waals surface area (Å²) in [5.74, 6) is 0.0528. The number of hydrogen-bond donors (Lipinski definition) is 0. The van der Waals surface area contributed by atoms with Gasteiger partial charge in [0.25, 0.3) is 0 Å². The third kappa shape index (κ3) is 2.71. The smallest absolute Gasteiger partial charge is 0.311 e. The van der Waals surface area contributed by atoms with Crippen molar-refractivity contribution >= 4 is 15.8 Å². The lowest BCUT2D eigenvalue weighted by Crippen LogP contribution is -2.45. The van der Waals surface area contributed by atoms with Crippen molar-refractivity contribution in [3.63, 3.8) is 0 Å². The van der Waals surface area contributed by atoms with E-state index in [1.165, 1.54) is 12.5 Å². The standard InChI is InChI=1S/C14H22O4S/c1-3-19(16,17)11-10-13-4-7-14(8-5-13,9-6-13)12(15)18-2/h10-11H,3-9H2,1-2H3/b11-10+. The molecule has 0 atom stereocenters. The van der Waals surface area contributed by atoms with Crippen LogP contribution in [0.3, 0.4) is 0 Å². The van der Waals surface area contributed by atoms with Crippen LogP contribution in [0.1, 0.15) is 45.4 Å². The van der Waals surface area contributed by atoms with E-state index in [1.807, 2.05) is 6.08 Å². The molecule has 0 aromatic heterocycles. The lowest BCUT2D eigenvalue weighted by atomic mass is 9.54. The topological polar surface area (TPSA) is 60.4 Å². The second-order valence-electron chi connectivity index (χ2n) is 5.89. The molecule has 4 nitrogen and oxygen atoms in total. The molecule has 3 fully saturated rings. The van der Waals surface area contributed by atoms with E-state index in [0.29, 0.717) is 0 Å². The van der Waals surface area contributed by atoms with Gasteiger partial charge in [0.1, 0.15) is 0 Å². The molecule has 108 valence electrons. The number of esters is 1. The Kier molecular flexibility index (Phi) is 3.78. The molecule has 0 aromatic rings. The summed E-state index contributed by atoms with van der Waals surface area (Å²) in [6, 6.07) is 0. The molecular formula is C14H22O4S. The minimum absolute atomic E-state index is 0.0159. The fraction of sp³-hybridized carbons (Fsp3) is 0.786. The van der Waals surface area contributed by atoms with E-state index in [-0.39, 0.29) is 22.6 Å². The van der Waals surface area contributed by atoms with E-state index in [4.69, 9.17) is 4.74 Å². The number of sulfone groups is 1. The third-order valence-corrected chi connectivity index (χ3v) is 6.31. The lowest BCUT2D eigenvalue weighted by molar-refractivity contribution is -0.161. The SMILES string of the molecule is CCS(=O)(=O)/C=C/C12CCC(C(=O)OC)(CC1)CC2. The Morgan fingerprint density at radius 2 is 1.68 bits per heavy atom. The van der Waals surface area contributed by atoms with E-state index >= 15 is 0 Å². The van der Waals surface area contributed by atoms with Gasteiger partial charge in [-0.2, -0.15) is 0 Å². The first-order valence-electron chi connectivity index (χ1n) is 6.87. The van der Waals surface area contributed by atoms with Gasteiger partial charge in [-0.3, -0.25) is 4.79 Å². The molecule has 19 heavy (non-hydrogen) atoms. The maximum atomic E-state index is 11.9. The molecule has 3 rings (SSSR count). The van der Waals surface area contributed by atoms with Gasteiger partial charge < -0.3 is 4.74 Å². The molecule has 3 aliphatic rings. The first-order valence-corrected chi connectivity index (χ1v) is 8.59. The van der Waals surface area contributed by atoms with Crippen molar-refractivity contribution in [2.75, 3.05) is 12.9 Å². The van der Waals surface area contributed by atoms with Gasteiger partial charge in [0.2, 0.25) is 0 Å². The first-order chi connectivity index (χ1) is 8.87. The van der Waals surface area contributed by atoms with Gasteiger partial charge in [-0.15, -0.1) is 0 Å². The van der Waals surface area contributed by atoms with Gasteiger partial charge >= 0.3 is 5.97 Å². The van der Waals surface area contributed by atoms with Gasteiger partial charge in [0.05, 0.1) is 18.3 Å². The van der Waals surface area contributed by atoms with Crippen LogP contribution in [0.4, 0.5) is 0 Å². The predicted octanol–water partition coefficient (Wildman–Crippen LogP) is 2.45. The van der Waals surface area contributed by atoms with Crippen molar-refractivity contribution in [1.82, 2.24) is 0 Å². The van der Waals surface area contributed by atoms with Crippen molar-refractivity contribution < 1.29 is 17.9 Å². The number of carbonyl (C=O) groups excluding carboxylic acids is 1. The molecule has 0 N–H and O–H groups in total. The van der Waals surface area contributed by atoms with E-state index in [9.17, 15) is 13.2 Å². The van der Waals surface area contributed by atoms with Crippen LogP contribution < -0.4 is 0 Å². The molecule has 0 spiro atoms. The highest BCUT2D eigenvalue weighted by Gasteiger charge is 2.52. The minimum atomic E-state index is -3.06. The predicted molar refractivity (Wildman–Crippen MR) is 73.2 cm³/mol. The highest BCUT2D eigenvalue weighted by Crippen LogP contribution is 2.57. The van der Waals surface area contributed by atoms with Gasteiger partial charge in [-0.05, 0) is 43.9 Å². The van der Waals surface area contributed by atoms with Crippen molar-refractivity contribution in [2.45, 2.75) is 45.4 Å². The van der Waals surface area contributed by atoms with Crippen LogP contribution in [0.2, 0.25) is 0 Å². The molecule has 3 saturated carbocycles. The second-order valence-corrected chi connectivity index (χ2v) is 8.06. The zero-order chi connectivity index (χ0) is 14.1. The Morgan fingerprint density at radius 1 is 1.16 bits per heavy atom. The molecule has 0 aromatic carbocycles. The Morgan fingerprint density at radius 3 is 2.11 bits per heavy atom. The summed E-state index contributed by atoms with van der Waals surface area (Å²) in [7, 11) is -1.61. The van der Waals surface area contributed by atoms with Gasteiger partial charge in [-0.1, -0.05) is 13.0 Å². The Labute approximate surface area is 115 Å². The monoisotopic (exact) mass is 286 g/mol. The average molecular weight is 286 g/mol. The van der Waals surface area contributed by atoms with Crippen molar-refractivity contribution in [2.24, 2.45) is 10.8 Å². The van der Waals surface area contributed by atoms with E-state index < -0.39 is 9.84 Å². The molecular weight excluding hydrogens is 264 g/mol. The van der Waals surface area contributed by atoms with Crippen LogP contribution in [0.15, 0.2) is 11.5 Å². The molecule has 3 aliphatic carbocycles. The van der Waals surface area contributed by atoms with Crippen LogP contribution in [-0.2, 0) is 19.4 Å². The number of hydrogen-bond acceptors (Lipinski definition) is 4. The van der Waals surface area contributed by atoms with Crippen LogP contribution in [-0.4, -0.2) is 27.2 Å². The summed E-state index contributed by atoms with van der Waals surface area (Å²) in [4.78, 5) is 11.9. The van der Waals surface area contributed by atoms with E-state index in [0.717, 1.165) is 38.5 Å². The van der Waals surface area contributed by atoms with E-state index in [2.05, 4.69) is 0 Å². The normalized spacial score (nSPS) is 34.6. The van der Waals surface area contributed by atoms with Gasteiger partial charge in [0, 0.05) is 5.41 Å². The summed E-state index contributed by atoms with van der Waals surface area (Å²) < 4.78 is 28.1. The fourth-order valence-corrected chi connectivity index (χ4v) is 4.02. The fourth-order valence-electron chi connectivity index (χ4n) is 3.33. The second kappa shape index (κ2) is 4.93. The number of methoxy groups -OCH3 is 1.